The number of aryl methyl sites for hydroxylation is 1. The number of nitrogens with one attached hydrogen (secondary N) is 1. The zero-order valence-corrected chi connectivity index (χ0v) is 16.8. The summed E-state index contributed by atoms with van der Waals surface area (Å²) in [6.07, 6.45) is 2.73. The monoisotopic (exact) mass is 384 g/mol. The molecule has 0 aliphatic rings. The van der Waals surface area contributed by atoms with Gasteiger partial charge in [0, 0.05) is 16.8 Å². The molecule has 26 heavy (non-hydrogen) atoms. The molecule has 3 aromatic rings. The summed E-state index contributed by atoms with van der Waals surface area (Å²) in [7, 11) is 0. The number of aromatic nitrogens is 1. The molecule has 136 valence electrons. The first-order chi connectivity index (χ1) is 12.7. The Labute approximate surface area is 163 Å². The Bertz CT molecular complexity index is 839. The predicted molar refractivity (Wildman–Crippen MR) is 111 cm³/mol. The molecule has 0 saturated heterocycles. The van der Waals surface area contributed by atoms with Crippen LogP contribution in [0.3, 0.4) is 0 Å². The van der Waals surface area contributed by atoms with Gasteiger partial charge in [-0.3, -0.25) is 4.79 Å². The minimum atomic E-state index is -0.0573. The van der Waals surface area contributed by atoms with Gasteiger partial charge in [-0.1, -0.05) is 43.7 Å². The topological polar surface area (TPSA) is 42.0 Å². The van der Waals surface area contributed by atoms with Crippen molar-refractivity contribution in [3.8, 4) is 10.6 Å². The fourth-order valence-electron chi connectivity index (χ4n) is 2.98. The largest absolute Gasteiger partial charge is 0.355 e. The standard InChI is InChI=1S/C21H24N2OS2/c1-3-7-18(16-8-5-4-6-9-16)21(24)22-13-12-17-10-11-20(26-17)19-14-25-15(2)23-19/h4-6,8-11,14,18H,3,7,12-13H2,1-2H3,(H,22,24). The Kier molecular flexibility index (Phi) is 6.58. The van der Waals surface area contributed by atoms with E-state index in [0.717, 1.165) is 35.5 Å². The molecular formula is C21H24N2OS2. The van der Waals surface area contributed by atoms with Crippen LogP contribution >= 0.6 is 22.7 Å². The maximum Gasteiger partial charge on any atom is 0.227 e. The molecular weight excluding hydrogens is 360 g/mol. The highest BCUT2D eigenvalue weighted by molar-refractivity contribution is 7.16. The van der Waals surface area contributed by atoms with Crippen LogP contribution in [0.25, 0.3) is 10.6 Å². The highest BCUT2D eigenvalue weighted by Crippen LogP contribution is 2.29. The van der Waals surface area contributed by atoms with Crippen LogP contribution < -0.4 is 5.32 Å². The van der Waals surface area contributed by atoms with E-state index in [9.17, 15) is 4.79 Å². The molecule has 5 heteroatoms. The molecule has 0 bridgehead atoms. The van der Waals surface area contributed by atoms with Gasteiger partial charge < -0.3 is 5.32 Å². The lowest BCUT2D eigenvalue weighted by Gasteiger charge is -2.16. The van der Waals surface area contributed by atoms with Crippen LogP contribution in [-0.4, -0.2) is 17.4 Å². The van der Waals surface area contributed by atoms with Gasteiger partial charge in [0.05, 0.1) is 21.5 Å². The minimum Gasteiger partial charge on any atom is -0.355 e. The Hall–Kier alpha value is -1.98. The second kappa shape index (κ2) is 9.10. The second-order valence-corrected chi connectivity index (χ2v) is 8.54. The first-order valence-electron chi connectivity index (χ1n) is 9.01. The number of hydrogen-bond acceptors (Lipinski definition) is 4. The molecule has 0 saturated carbocycles. The van der Waals surface area contributed by atoms with E-state index in [4.69, 9.17) is 0 Å². The van der Waals surface area contributed by atoms with Crippen LogP contribution in [0.2, 0.25) is 0 Å². The van der Waals surface area contributed by atoms with Crippen LogP contribution in [-0.2, 0) is 11.2 Å². The van der Waals surface area contributed by atoms with E-state index in [-0.39, 0.29) is 11.8 Å². The molecule has 1 amide bonds. The van der Waals surface area contributed by atoms with E-state index >= 15 is 0 Å². The minimum absolute atomic E-state index is 0.0573. The number of thiazole rings is 1. The third-order valence-electron chi connectivity index (χ3n) is 4.30. The average molecular weight is 385 g/mol. The molecule has 1 aromatic carbocycles. The molecule has 2 aromatic heterocycles. The number of benzene rings is 1. The van der Waals surface area contributed by atoms with Crippen molar-refractivity contribution in [1.29, 1.82) is 0 Å². The highest BCUT2D eigenvalue weighted by atomic mass is 32.1. The predicted octanol–water partition coefficient (Wildman–Crippen LogP) is 5.42. The van der Waals surface area contributed by atoms with Gasteiger partial charge in [0.25, 0.3) is 0 Å². The molecule has 0 radical (unpaired) electrons. The summed E-state index contributed by atoms with van der Waals surface area (Å²) in [5.74, 6) is 0.0723. The number of rotatable bonds is 8. The molecule has 1 N–H and O–H groups in total. The van der Waals surface area contributed by atoms with E-state index in [1.165, 1.54) is 9.75 Å². The van der Waals surface area contributed by atoms with E-state index in [1.807, 2.05) is 37.3 Å². The molecule has 1 unspecified atom stereocenters. The van der Waals surface area contributed by atoms with Crippen molar-refractivity contribution in [2.24, 2.45) is 0 Å². The SMILES string of the molecule is CCCC(C(=O)NCCc1ccc(-c2csc(C)n2)s1)c1ccccc1. The van der Waals surface area contributed by atoms with Crippen LogP contribution in [0.15, 0.2) is 47.8 Å². The Balaban J connectivity index is 1.55. The van der Waals surface area contributed by atoms with Gasteiger partial charge >= 0.3 is 0 Å². The van der Waals surface area contributed by atoms with Crippen LogP contribution in [0.5, 0.6) is 0 Å². The lowest BCUT2D eigenvalue weighted by Crippen LogP contribution is -2.31. The molecule has 3 nitrogen and oxygen atoms in total. The van der Waals surface area contributed by atoms with Crippen LogP contribution in [0.1, 0.15) is 41.1 Å². The van der Waals surface area contributed by atoms with E-state index in [1.54, 1.807) is 22.7 Å². The highest BCUT2D eigenvalue weighted by Gasteiger charge is 2.19. The number of nitrogens with zero attached hydrogens (tertiary/aromatic N) is 1. The first kappa shape index (κ1) is 18.8. The molecule has 0 aliphatic carbocycles. The van der Waals surface area contributed by atoms with Crippen molar-refractivity contribution in [1.82, 2.24) is 10.3 Å². The molecule has 1 atom stereocenters. The van der Waals surface area contributed by atoms with Crippen molar-refractivity contribution in [3.63, 3.8) is 0 Å². The second-order valence-electron chi connectivity index (χ2n) is 6.31. The van der Waals surface area contributed by atoms with Gasteiger partial charge in [0.1, 0.15) is 0 Å². The summed E-state index contributed by atoms with van der Waals surface area (Å²) in [5, 5.41) is 6.31. The van der Waals surface area contributed by atoms with Gasteiger partial charge in [-0.2, -0.15) is 0 Å². The third kappa shape index (κ3) is 4.80. The number of hydrogen-bond donors (Lipinski definition) is 1. The summed E-state index contributed by atoms with van der Waals surface area (Å²) in [5.41, 5.74) is 2.16. The molecule has 0 aliphatic heterocycles. The normalized spacial score (nSPS) is 12.1. The average Bonchev–Trinajstić information content (AvgIpc) is 3.29. The van der Waals surface area contributed by atoms with Gasteiger partial charge in [0.2, 0.25) is 5.91 Å². The summed E-state index contributed by atoms with van der Waals surface area (Å²) < 4.78 is 0. The van der Waals surface area contributed by atoms with Crippen LogP contribution in [0.4, 0.5) is 0 Å². The fourth-order valence-corrected chi connectivity index (χ4v) is 4.64. The number of amides is 1. The van der Waals surface area contributed by atoms with Crippen molar-refractivity contribution < 1.29 is 4.79 Å². The quantitative estimate of drug-likeness (QED) is 0.563. The lowest BCUT2D eigenvalue weighted by molar-refractivity contribution is -0.122. The molecule has 0 fully saturated rings. The number of thiophene rings is 1. The van der Waals surface area contributed by atoms with Crippen molar-refractivity contribution >= 4 is 28.6 Å². The zero-order chi connectivity index (χ0) is 18.4. The van der Waals surface area contributed by atoms with E-state index in [2.05, 4.69) is 34.7 Å². The van der Waals surface area contributed by atoms with Gasteiger partial charge in [-0.05, 0) is 37.5 Å². The molecule has 0 spiro atoms. The number of carbonyl (C=O) groups is 1. The maximum atomic E-state index is 12.6. The van der Waals surface area contributed by atoms with E-state index < -0.39 is 0 Å². The van der Waals surface area contributed by atoms with Gasteiger partial charge in [0.15, 0.2) is 0 Å². The Morgan fingerprint density at radius 2 is 2.00 bits per heavy atom. The zero-order valence-electron chi connectivity index (χ0n) is 15.2. The summed E-state index contributed by atoms with van der Waals surface area (Å²) >= 11 is 3.43. The van der Waals surface area contributed by atoms with Gasteiger partial charge in [-0.15, -0.1) is 22.7 Å². The van der Waals surface area contributed by atoms with Crippen molar-refractivity contribution in [2.75, 3.05) is 6.54 Å². The smallest absolute Gasteiger partial charge is 0.227 e. The van der Waals surface area contributed by atoms with Crippen molar-refractivity contribution in [2.45, 2.75) is 39.0 Å². The first-order valence-corrected chi connectivity index (χ1v) is 10.7. The Morgan fingerprint density at radius 3 is 2.69 bits per heavy atom. The van der Waals surface area contributed by atoms with Gasteiger partial charge in [-0.25, -0.2) is 4.98 Å². The Morgan fingerprint density at radius 1 is 1.19 bits per heavy atom. The maximum absolute atomic E-state index is 12.6. The fraction of sp³-hybridized carbons (Fsp3) is 0.333. The molecule has 3 rings (SSSR count). The van der Waals surface area contributed by atoms with Crippen LogP contribution in [0, 0.1) is 6.92 Å². The van der Waals surface area contributed by atoms with E-state index in [0.29, 0.717) is 6.54 Å². The summed E-state index contributed by atoms with van der Waals surface area (Å²) in [6, 6.07) is 14.3. The number of carbonyl (C=O) groups excluding carboxylic acids is 1. The summed E-state index contributed by atoms with van der Waals surface area (Å²) in [6.45, 7) is 4.82. The lowest BCUT2D eigenvalue weighted by atomic mass is 9.93. The van der Waals surface area contributed by atoms with Crippen molar-refractivity contribution in [3.05, 3.63) is 63.3 Å². The third-order valence-corrected chi connectivity index (χ3v) is 6.24. The summed E-state index contributed by atoms with van der Waals surface area (Å²) in [4.78, 5) is 19.6. The molecule has 2 heterocycles.